The van der Waals surface area contributed by atoms with Crippen LogP contribution in [0.4, 0.5) is 4.79 Å². The fourth-order valence-electron chi connectivity index (χ4n) is 3.20. The third-order valence-corrected chi connectivity index (χ3v) is 4.49. The standard InChI is InChI=1S/C19H23N3O/c1-15-6-2-3-8-18(15)16-10-13-22(14-16)19(23)21-12-9-17-7-4-5-11-20-17/h2-8,11,16H,9-10,12-14H2,1H3,(H,21,23)/t16-/m1/s1. The van der Waals surface area contributed by atoms with Crippen molar-refractivity contribution in [3.8, 4) is 0 Å². The molecule has 1 N–H and O–H groups in total. The van der Waals surface area contributed by atoms with Gasteiger partial charge in [-0.3, -0.25) is 4.98 Å². The molecule has 1 aliphatic heterocycles. The highest BCUT2D eigenvalue weighted by molar-refractivity contribution is 5.74. The maximum absolute atomic E-state index is 12.3. The fourth-order valence-corrected chi connectivity index (χ4v) is 3.20. The van der Waals surface area contributed by atoms with Gasteiger partial charge in [-0.2, -0.15) is 0 Å². The van der Waals surface area contributed by atoms with Crippen LogP contribution in [0.1, 0.15) is 29.2 Å². The number of hydrogen-bond acceptors (Lipinski definition) is 2. The predicted octanol–water partition coefficient (Wildman–Crippen LogP) is 3.13. The van der Waals surface area contributed by atoms with Gasteiger partial charge in [-0.1, -0.05) is 30.3 Å². The summed E-state index contributed by atoms with van der Waals surface area (Å²) in [5, 5.41) is 3.01. The third-order valence-electron chi connectivity index (χ3n) is 4.49. The molecule has 2 aromatic rings. The second-order valence-corrected chi connectivity index (χ2v) is 6.09. The summed E-state index contributed by atoms with van der Waals surface area (Å²) in [6.45, 7) is 4.40. The smallest absolute Gasteiger partial charge is 0.317 e. The largest absolute Gasteiger partial charge is 0.338 e. The molecule has 1 fully saturated rings. The Labute approximate surface area is 137 Å². The molecule has 3 rings (SSSR count). The Balaban J connectivity index is 1.49. The number of urea groups is 1. The first-order valence-electron chi connectivity index (χ1n) is 8.22. The van der Waals surface area contributed by atoms with Crippen LogP contribution in [0.15, 0.2) is 48.7 Å². The van der Waals surface area contributed by atoms with Crippen molar-refractivity contribution >= 4 is 6.03 Å². The topological polar surface area (TPSA) is 45.2 Å². The van der Waals surface area contributed by atoms with Crippen LogP contribution in [-0.2, 0) is 6.42 Å². The molecule has 0 unspecified atom stereocenters. The second-order valence-electron chi connectivity index (χ2n) is 6.09. The first-order valence-corrected chi connectivity index (χ1v) is 8.22. The number of likely N-dealkylation sites (tertiary alicyclic amines) is 1. The predicted molar refractivity (Wildman–Crippen MR) is 91.4 cm³/mol. The van der Waals surface area contributed by atoms with Gasteiger partial charge in [-0.05, 0) is 36.6 Å². The number of carbonyl (C=O) groups is 1. The van der Waals surface area contributed by atoms with Gasteiger partial charge in [-0.25, -0.2) is 4.79 Å². The van der Waals surface area contributed by atoms with E-state index in [9.17, 15) is 4.79 Å². The molecule has 4 heteroatoms. The molecule has 23 heavy (non-hydrogen) atoms. The van der Waals surface area contributed by atoms with Crippen molar-refractivity contribution in [2.45, 2.75) is 25.7 Å². The zero-order valence-corrected chi connectivity index (χ0v) is 13.5. The molecule has 0 saturated carbocycles. The van der Waals surface area contributed by atoms with Gasteiger partial charge in [0.05, 0.1) is 0 Å². The molecular formula is C19H23N3O. The Morgan fingerprint density at radius 1 is 1.26 bits per heavy atom. The molecule has 0 aliphatic carbocycles. The number of pyridine rings is 1. The van der Waals surface area contributed by atoms with Crippen LogP contribution in [0.25, 0.3) is 0 Å². The van der Waals surface area contributed by atoms with E-state index in [2.05, 4.69) is 41.5 Å². The highest BCUT2D eigenvalue weighted by Crippen LogP contribution is 2.29. The molecule has 4 nitrogen and oxygen atoms in total. The summed E-state index contributed by atoms with van der Waals surface area (Å²) in [5.74, 6) is 0.456. The summed E-state index contributed by atoms with van der Waals surface area (Å²) in [5.41, 5.74) is 3.69. The fraction of sp³-hybridized carbons (Fsp3) is 0.368. The number of nitrogens with zero attached hydrogens (tertiary/aromatic N) is 2. The summed E-state index contributed by atoms with van der Waals surface area (Å²) in [6, 6.07) is 14.4. The quantitative estimate of drug-likeness (QED) is 0.943. The number of carbonyl (C=O) groups excluding carboxylic acids is 1. The minimum Gasteiger partial charge on any atom is -0.338 e. The Bertz CT molecular complexity index is 657. The molecule has 1 atom stereocenters. The second kappa shape index (κ2) is 7.27. The minimum absolute atomic E-state index is 0.0389. The van der Waals surface area contributed by atoms with Crippen LogP contribution in [0.3, 0.4) is 0 Å². The maximum atomic E-state index is 12.3. The van der Waals surface area contributed by atoms with E-state index < -0.39 is 0 Å². The van der Waals surface area contributed by atoms with E-state index in [1.165, 1.54) is 11.1 Å². The Morgan fingerprint density at radius 2 is 2.09 bits per heavy atom. The number of amides is 2. The van der Waals surface area contributed by atoms with Crippen molar-refractivity contribution in [3.63, 3.8) is 0 Å². The van der Waals surface area contributed by atoms with E-state index in [1.54, 1.807) is 6.20 Å². The van der Waals surface area contributed by atoms with Gasteiger partial charge in [-0.15, -0.1) is 0 Å². The summed E-state index contributed by atoms with van der Waals surface area (Å²) in [6.07, 6.45) is 3.59. The van der Waals surface area contributed by atoms with Gasteiger partial charge in [0.25, 0.3) is 0 Å². The van der Waals surface area contributed by atoms with Crippen LogP contribution in [-0.4, -0.2) is 35.5 Å². The summed E-state index contributed by atoms with van der Waals surface area (Å²) < 4.78 is 0. The molecular weight excluding hydrogens is 286 g/mol. The molecule has 0 radical (unpaired) electrons. The molecule has 0 spiro atoms. The summed E-state index contributed by atoms with van der Waals surface area (Å²) in [7, 11) is 0. The van der Waals surface area contributed by atoms with Gasteiger partial charge >= 0.3 is 6.03 Å². The molecule has 120 valence electrons. The molecule has 2 heterocycles. The van der Waals surface area contributed by atoms with E-state index >= 15 is 0 Å². The van der Waals surface area contributed by atoms with E-state index in [-0.39, 0.29) is 6.03 Å². The van der Waals surface area contributed by atoms with E-state index in [0.29, 0.717) is 12.5 Å². The lowest BCUT2D eigenvalue weighted by Gasteiger charge is -2.18. The SMILES string of the molecule is Cc1ccccc1[C@@H]1CCN(C(=O)NCCc2ccccn2)C1. The van der Waals surface area contributed by atoms with Gasteiger partial charge in [0.15, 0.2) is 0 Å². The van der Waals surface area contributed by atoms with Crippen molar-refractivity contribution in [3.05, 3.63) is 65.5 Å². The highest BCUT2D eigenvalue weighted by Gasteiger charge is 2.27. The Hall–Kier alpha value is -2.36. The molecule has 1 aliphatic rings. The first-order chi connectivity index (χ1) is 11.2. The monoisotopic (exact) mass is 309 g/mol. The number of rotatable bonds is 4. The van der Waals surface area contributed by atoms with Gasteiger partial charge in [0, 0.05) is 43.9 Å². The van der Waals surface area contributed by atoms with Gasteiger partial charge < -0.3 is 10.2 Å². The number of hydrogen-bond donors (Lipinski definition) is 1. The average molecular weight is 309 g/mol. The Morgan fingerprint density at radius 3 is 2.87 bits per heavy atom. The van der Waals surface area contributed by atoms with Crippen molar-refractivity contribution in [1.29, 1.82) is 0 Å². The number of aromatic nitrogens is 1. The summed E-state index contributed by atoms with van der Waals surface area (Å²) >= 11 is 0. The van der Waals surface area contributed by atoms with Crippen LogP contribution < -0.4 is 5.32 Å². The lowest BCUT2D eigenvalue weighted by Crippen LogP contribution is -2.39. The van der Waals surface area contributed by atoms with Crippen LogP contribution in [0.5, 0.6) is 0 Å². The van der Waals surface area contributed by atoms with Crippen molar-refractivity contribution in [2.75, 3.05) is 19.6 Å². The normalized spacial score (nSPS) is 17.3. The number of aryl methyl sites for hydroxylation is 1. The Kier molecular flexibility index (Phi) is 4.91. The molecule has 1 aromatic heterocycles. The van der Waals surface area contributed by atoms with E-state index in [0.717, 1.165) is 31.6 Å². The highest BCUT2D eigenvalue weighted by atomic mass is 16.2. The molecule has 0 bridgehead atoms. The van der Waals surface area contributed by atoms with Gasteiger partial charge in [0.1, 0.15) is 0 Å². The van der Waals surface area contributed by atoms with E-state index in [4.69, 9.17) is 0 Å². The first kappa shape index (κ1) is 15.5. The molecule has 1 saturated heterocycles. The zero-order chi connectivity index (χ0) is 16.1. The average Bonchev–Trinajstić information content (AvgIpc) is 3.06. The molecule has 2 amide bonds. The number of nitrogens with one attached hydrogen (secondary N) is 1. The lowest BCUT2D eigenvalue weighted by atomic mass is 9.94. The van der Waals surface area contributed by atoms with Crippen LogP contribution >= 0.6 is 0 Å². The molecule has 1 aromatic carbocycles. The van der Waals surface area contributed by atoms with Crippen molar-refractivity contribution < 1.29 is 4.79 Å². The zero-order valence-electron chi connectivity index (χ0n) is 13.5. The summed E-state index contributed by atoms with van der Waals surface area (Å²) in [4.78, 5) is 18.5. The van der Waals surface area contributed by atoms with E-state index in [1.807, 2.05) is 23.1 Å². The minimum atomic E-state index is 0.0389. The van der Waals surface area contributed by atoms with Crippen molar-refractivity contribution in [2.24, 2.45) is 0 Å². The maximum Gasteiger partial charge on any atom is 0.317 e. The van der Waals surface area contributed by atoms with Crippen molar-refractivity contribution in [1.82, 2.24) is 15.2 Å². The van der Waals surface area contributed by atoms with Gasteiger partial charge in [0.2, 0.25) is 0 Å². The van der Waals surface area contributed by atoms with Crippen LogP contribution in [0.2, 0.25) is 0 Å². The van der Waals surface area contributed by atoms with Crippen LogP contribution in [0, 0.1) is 6.92 Å². The third kappa shape index (κ3) is 3.89. The lowest BCUT2D eigenvalue weighted by molar-refractivity contribution is 0.208. The number of benzene rings is 1.